The van der Waals surface area contributed by atoms with Gasteiger partial charge in [0.1, 0.15) is 0 Å². The molecule has 0 atom stereocenters. The number of aromatic nitrogens is 1. The number of rotatable bonds is 4. The summed E-state index contributed by atoms with van der Waals surface area (Å²) in [5, 5.41) is 1.74. The molecule has 2 aromatic rings. The topological polar surface area (TPSA) is 36.4 Å². The van der Waals surface area contributed by atoms with Gasteiger partial charge in [0.2, 0.25) is 5.91 Å². The van der Waals surface area contributed by atoms with Gasteiger partial charge in [0.05, 0.1) is 17.8 Å². The van der Waals surface area contributed by atoms with Crippen LogP contribution in [0.25, 0.3) is 10.9 Å². The Morgan fingerprint density at radius 1 is 1.20 bits per heavy atom. The molecule has 1 amide bonds. The summed E-state index contributed by atoms with van der Waals surface area (Å²) in [4.78, 5) is 19.8. The number of hydrogen-bond acceptors (Lipinski definition) is 3. The number of likely N-dealkylation sites (N-methyl/N-ethyl adjacent to an activating group) is 2. The zero-order valence-corrected chi connectivity index (χ0v) is 12.7. The normalized spacial score (nSPS) is 11.1. The van der Waals surface area contributed by atoms with Gasteiger partial charge in [-0.3, -0.25) is 14.7 Å². The van der Waals surface area contributed by atoms with Crippen LogP contribution >= 0.6 is 11.6 Å². The molecule has 1 aromatic carbocycles. The second-order valence-electron chi connectivity index (χ2n) is 5.10. The summed E-state index contributed by atoms with van der Waals surface area (Å²) in [5.74, 6) is 0.0799. The lowest BCUT2D eigenvalue weighted by Crippen LogP contribution is -2.34. The largest absolute Gasteiger partial charge is 0.348 e. The molecule has 0 unspecified atom stereocenters. The predicted molar refractivity (Wildman–Crippen MR) is 81.8 cm³/mol. The highest BCUT2D eigenvalue weighted by Crippen LogP contribution is 2.18. The van der Waals surface area contributed by atoms with Gasteiger partial charge in [0.15, 0.2) is 0 Å². The summed E-state index contributed by atoms with van der Waals surface area (Å²) < 4.78 is 0. The molecule has 0 fully saturated rings. The number of fused-ring (bicyclic) bond motifs is 1. The van der Waals surface area contributed by atoms with Crippen LogP contribution < -0.4 is 0 Å². The van der Waals surface area contributed by atoms with Crippen molar-refractivity contribution in [2.24, 2.45) is 0 Å². The molecular formula is C15H18ClN3O. The Hall–Kier alpha value is -1.65. The first-order valence-electron chi connectivity index (χ1n) is 6.39. The third kappa shape index (κ3) is 3.68. The van der Waals surface area contributed by atoms with Crippen LogP contribution in [0, 0.1) is 0 Å². The fourth-order valence-corrected chi connectivity index (χ4v) is 2.09. The first-order chi connectivity index (χ1) is 9.45. The van der Waals surface area contributed by atoms with E-state index in [-0.39, 0.29) is 5.91 Å². The zero-order chi connectivity index (χ0) is 14.7. The maximum atomic E-state index is 11.6. The molecule has 0 bridgehead atoms. The number of amides is 1. The molecule has 2 rings (SSSR count). The van der Waals surface area contributed by atoms with Gasteiger partial charge >= 0.3 is 0 Å². The molecule has 0 saturated heterocycles. The SMILES string of the molecule is CN(CC(=O)N(C)C)Cc1ccc2ccc(Cl)cc2n1. The lowest BCUT2D eigenvalue weighted by molar-refractivity contribution is -0.129. The van der Waals surface area contributed by atoms with E-state index in [4.69, 9.17) is 11.6 Å². The van der Waals surface area contributed by atoms with Gasteiger partial charge in [-0.2, -0.15) is 0 Å². The second-order valence-corrected chi connectivity index (χ2v) is 5.54. The maximum Gasteiger partial charge on any atom is 0.236 e. The molecule has 0 aliphatic carbocycles. The van der Waals surface area contributed by atoms with E-state index in [9.17, 15) is 4.79 Å². The molecule has 0 aliphatic rings. The Morgan fingerprint density at radius 3 is 2.60 bits per heavy atom. The first-order valence-corrected chi connectivity index (χ1v) is 6.77. The van der Waals surface area contributed by atoms with Crippen LogP contribution in [0.4, 0.5) is 0 Å². The monoisotopic (exact) mass is 291 g/mol. The number of halogens is 1. The number of carbonyl (C=O) groups excluding carboxylic acids is 1. The van der Waals surface area contributed by atoms with E-state index in [1.54, 1.807) is 19.0 Å². The van der Waals surface area contributed by atoms with E-state index in [1.165, 1.54) is 0 Å². The molecule has 0 aliphatic heterocycles. The van der Waals surface area contributed by atoms with Crippen molar-refractivity contribution in [3.8, 4) is 0 Å². The van der Waals surface area contributed by atoms with E-state index < -0.39 is 0 Å². The van der Waals surface area contributed by atoms with E-state index >= 15 is 0 Å². The van der Waals surface area contributed by atoms with Crippen molar-refractivity contribution in [2.45, 2.75) is 6.54 Å². The Morgan fingerprint density at radius 2 is 1.90 bits per heavy atom. The molecule has 4 nitrogen and oxygen atoms in total. The average molecular weight is 292 g/mol. The van der Waals surface area contributed by atoms with E-state index in [2.05, 4.69) is 4.98 Å². The summed E-state index contributed by atoms with van der Waals surface area (Å²) in [7, 11) is 5.42. The first kappa shape index (κ1) is 14.8. The number of benzene rings is 1. The van der Waals surface area contributed by atoms with Crippen LogP contribution in [-0.2, 0) is 11.3 Å². The highest BCUT2D eigenvalue weighted by Gasteiger charge is 2.09. The summed E-state index contributed by atoms with van der Waals surface area (Å²) >= 11 is 5.98. The molecule has 5 heteroatoms. The van der Waals surface area contributed by atoms with Crippen molar-refractivity contribution in [1.82, 2.24) is 14.8 Å². The molecule has 0 radical (unpaired) electrons. The lowest BCUT2D eigenvalue weighted by Gasteiger charge is -2.18. The van der Waals surface area contributed by atoms with Gasteiger partial charge in [-0.15, -0.1) is 0 Å². The van der Waals surface area contributed by atoms with Crippen LogP contribution in [0.5, 0.6) is 0 Å². The third-order valence-corrected chi connectivity index (χ3v) is 3.28. The van der Waals surface area contributed by atoms with Crippen LogP contribution in [0.15, 0.2) is 30.3 Å². The number of carbonyl (C=O) groups is 1. The molecule has 0 spiro atoms. The average Bonchev–Trinajstić information content (AvgIpc) is 2.37. The predicted octanol–water partition coefficient (Wildman–Crippen LogP) is 2.41. The summed E-state index contributed by atoms with van der Waals surface area (Å²) in [6.45, 7) is 1.00. The summed E-state index contributed by atoms with van der Waals surface area (Å²) in [6.07, 6.45) is 0. The second kappa shape index (κ2) is 6.20. The Labute approximate surface area is 124 Å². The van der Waals surface area contributed by atoms with Crippen molar-refractivity contribution in [1.29, 1.82) is 0 Å². The molecule has 20 heavy (non-hydrogen) atoms. The molecule has 1 heterocycles. The van der Waals surface area contributed by atoms with Gasteiger partial charge in [0, 0.05) is 31.0 Å². The minimum absolute atomic E-state index is 0.0799. The third-order valence-electron chi connectivity index (χ3n) is 3.05. The lowest BCUT2D eigenvalue weighted by atomic mass is 10.2. The Kier molecular flexibility index (Phi) is 4.57. The minimum Gasteiger partial charge on any atom is -0.348 e. The van der Waals surface area contributed by atoms with Gasteiger partial charge in [0.25, 0.3) is 0 Å². The highest BCUT2D eigenvalue weighted by molar-refractivity contribution is 6.31. The van der Waals surface area contributed by atoms with Gasteiger partial charge in [-0.1, -0.05) is 23.7 Å². The minimum atomic E-state index is 0.0799. The number of hydrogen-bond donors (Lipinski definition) is 0. The van der Waals surface area contributed by atoms with Gasteiger partial charge < -0.3 is 4.90 Å². The van der Waals surface area contributed by atoms with Crippen LogP contribution in [0.3, 0.4) is 0 Å². The number of nitrogens with zero attached hydrogens (tertiary/aromatic N) is 3. The van der Waals surface area contributed by atoms with Crippen molar-refractivity contribution < 1.29 is 4.79 Å². The molecule has 106 valence electrons. The van der Waals surface area contributed by atoms with Gasteiger partial charge in [-0.25, -0.2) is 0 Å². The van der Waals surface area contributed by atoms with E-state index in [0.717, 1.165) is 16.6 Å². The highest BCUT2D eigenvalue weighted by atomic mass is 35.5. The van der Waals surface area contributed by atoms with Crippen molar-refractivity contribution in [3.63, 3.8) is 0 Å². The van der Waals surface area contributed by atoms with Crippen LogP contribution in [-0.4, -0.2) is 48.4 Å². The smallest absolute Gasteiger partial charge is 0.236 e. The van der Waals surface area contributed by atoms with Crippen LogP contribution in [0.2, 0.25) is 5.02 Å². The number of pyridine rings is 1. The van der Waals surface area contributed by atoms with Crippen LogP contribution in [0.1, 0.15) is 5.69 Å². The Balaban J connectivity index is 2.11. The van der Waals surface area contributed by atoms with E-state index in [1.807, 2.05) is 42.3 Å². The zero-order valence-electron chi connectivity index (χ0n) is 11.9. The molecular weight excluding hydrogens is 274 g/mol. The maximum absolute atomic E-state index is 11.6. The summed E-state index contributed by atoms with van der Waals surface area (Å²) in [6, 6.07) is 9.66. The summed E-state index contributed by atoms with van der Waals surface area (Å²) in [5.41, 5.74) is 1.80. The Bertz CT molecular complexity index is 628. The fourth-order valence-electron chi connectivity index (χ4n) is 1.93. The van der Waals surface area contributed by atoms with Crippen molar-refractivity contribution >= 4 is 28.4 Å². The molecule has 0 N–H and O–H groups in total. The van der Waals surface area contributed by atoms with Crippen molar-refractivity contribution in [2.75, 3.05) is 27.7 Å². The fraction of sp³-hybridized carbons (Fsp3) is 0.333. The quantitative estimate of drug-likeness (QED) is 0.868. The molecule has 0 saturated carbocycles. The van der Waals surface area contributed by atoms with E-state index in [0.29, 0.717) is 18.1 Å². The van der Waals surface area contributed by atoms with Gasteiger partial charge in [-0.05, 0) is 25.2 Å². The van der Waals surface area contributed by atoms with Crippen molar-refractivity contribution in [3.05, 3.63) is 41.0 Å². The standard InChI is InChI=1S/C15H18ClN3O/c1-18(2)15(20)10-19(3)9-13-7-5-11-4-6-12(16)8-14(11)17-13/h4-8H,9-10H2,1-3H3. The molecule has 1 aromatic heterocycles.